The van der Waals surface area contributed by atoms with E-state index in [0.717, 1.165) is 22.0 Å². The van der Waals surface area contributed by atoms with Crippen LogP contribution in [0.3, 0.4) is 0 Å². The van der Waals surface area contributed by atoms with Gasteiger partial charge in [0.15, 0.2) is 0 Å². The first-order valence-corrected chi connectivity index (χ1v) is 9.85. The molecule has 29 heavy (non-hydrogen) atoms. The number of hydrogen-bond donors (Lipinski definition) is 3. The van der Waals surface area contributed by atoms with Gasteiger partial charge in [0, 0.05) is 25.1 Å². The van der Waals surface area contributed by atoms with Gasteiger partial charge >= 0.3 is 5.97 Å². The van der Waals surface area contributed by atoms with Gasteiger partial charge in [-0.05, 0) is 41.2 Å². The Morgan fingerprint density at radius 2 is 1.66 bits per heavy atom. The van der Waals surface area contributed by atoms with Crippen LogP contribution in [0.15, 0.2) is 36.4 Å². The number of aliphatic carboxylic acids is 1. The van der Waals surface area contributed by atoms with Crippen molar-refractivity contribution in [2.24, 2.45) is 16.6 Å². The Bertz CT molecular complexity index is 958. The van der Waals surface area contributed by atoms with Gasteiger partial charge in [-0.3, -0.25) is 14.4 Å². The summed E-state index contributed by atoms with van der Waals surface area (Å²) in [6.07, 6.45) is 1.51. The number of Topliss-reactive ketones (excluding diaryl/α,β-unsaturated/α-hetero) is 2. The lowest BCUT2D eigenvalue weighted by molar-refractivity contribution is -0.147. The molecule has 1 aliphatic heterocycles. The summed E-state index contributed by atoms with van der Waals surface area (Å²) in [5, 5.41) is 13.5. The van der Waals surface area contributed by atoms with Crippen LogP contribution in [0.1, 0.15) is 39.2 Å². The van der Waals surface area contributed by atoms with E-state index in [1.807, 2.05) is 26.0 Å². The lowest BCUT2D eigenvalue weighted by Gasteiger charge is -2.43. The number of rotatable bonds is 1. The summed E-state index contributed by atoms with van der Waals surface area (Å²) < 4.78 is 0. The summed E-state index contributed by atoms with van der Waals surface area (Å²) in [5.74, 6) is -0.760. The monoisotopic (exact) mass is 396 g/mol. The summed E-state index contributed by atoms with van der Waals surface area (Å²) in [6, 6.07) is 11.6. The highest BCUT2D eigenvalue weighted by Gasteiger charge is 2.53. The maximum atomic E-state index is 12.9. The van der Waals surface area contributed by atoms with E-state index in [9.17, 15) is 14.4 Å². The summed E-state index contributed by atoms with van der Waals surface area (Å²) in [7, 11) is 0. The predicted molar refractivity (Wildman–Crippen MR) is 113 cm³/mol. The first-order chi connectivity index (χ1) is 13.6. The average Bonchev–Trinajstić information content (AvgIpc) is 2.66. The highest BCUT2D eigenvalue weighted by molar-refractivity contribution is 6.11. The minimum atomic E-state index is -0.963. The number of fused-ring (bicyclic) bond motifs is 3. The van der Waals surface area contributed by atoms with E-state index in [-0.39, 0.29) is 17.0 Å². The maximum Gasteiger partial charge on any atom is 0.320 e. The number of nitrogens with one attached hydrogen (secondary N) is 1. The minimum Gasteiger partial charge on any atom is -0.480 e. The Kier molecular flexibility index (Phi) is 5.50. The van der Waals surface area contributed by atoms with Crippen molar-refractivity contribution in [3.63, 3.8) is 0 Å². The van der Waals surface area contributed by atoms with Gasteiger partial charge in [-0.15, -0.1) is 0 Å². The van der Waals surface area contributed by atoms with Crippen LogP contribution in [0.4, 0.5) is 5.69 Å². The molecule has 154 valence electrons. The molecule has 2 aliphatic rings. The molecule has 2 aromatic rings. The van der Waals surface area contributed by atoms with E-state index in [1.165, 1.54) is 6.92 Å². The molecule has 0 radical (unpaired) electrons. The van der Waals surface area contributed by atoms with Gasteiger partial charge in [0.25, 0.3) is 0 Å². The fourth-order valence-electron chi connectivity index (χ4n) is 4.12. The third-order valence-corrected chi connectivity index (χ3v) is 5.84. The number of carboxylic acids is 1. The Labute approximate surface area is 170 Å². The normalized spacial score (nSPS) is 20.3. The number of carbonyl (C=O) groups excluding carboxylic acids is 2. The third-order valence-electron chi connectivity index (χ3n) is 5.84. The van der Waals surface area contributed by atoms with Gasteiger partial charge in [0.2, 0.25) is 0 Å². The van der Waals surface area contributed by atoms with Crippen LogP contribution < -0.4 is 11.1 Å². The van der Waals surface area contributed by atoms with Gasteiger partial charge in [0.05, 0.1) is 0 Å². The van der Waals surface area contributed by atoms with Gasteiger partial charge in [-0.1, -0.05) is 44.2 Å². The van der Waals surface area contributed by atoms with Crippen molar-refractivity contribution >= 4 is 34.0 Å². The third kappa shape index (κ3) is 4.03. The molecule has 1 spiro atoms. The minimum absolute atomic E-state index is 0.102. The van der Waals surface area contributed by atoms with Crippen LogP contribution >= 0.6 is 0 Å². The standard InChI is InChI=1S/C20H21NO2.C3H7NO2/c1-19(2)10-17(22)20(18(23)11-19)9-15-14-6-4-3-5-13(14)7-8-16(15)21-12-20;1-2(4)3(5)6/h3-8,21H,9-12H2,1-2H3;2H,4H2,1H3,(H,5,6)/t;2-/m.0/s1. The molecule has 1 fully saturated rings. The van der Waals surface area contributed by atoms with Crippen molar-refractivity contribution in [2.45, 2.75) is 46.1 Å². The van der Waals surface area contributed by atoms with Gasteiger partial charge in [-0.2, -0.15) is 0 Å². The second-order valence-electron chi connectivity index (χ2n) is 8.92. The Balaban J connectivity index is 0.000000353. The zero-order valence-corrected chi connectivity index (χ0v) is 17.1. The Morgan fingerprint density at radius 1 is 1.07 bits per heavy atom. The smallest absolute Gasteiger partial charge is 0.320 e. The van der Waals surface area contributed by atoms with E-state index >= 15 is 0 Å². The van der Waals surface area contributed by atoms with Gasteiger partial charge < -0.3 is 16.2 Å². The second-order valence-corrected chi connectivity index (χ2v) is 8.92. The number of carboxylic acid groups (broad SMARTS) is 1. The zero-order chi connectivity index (χ0) is 21.4. The van der Waals surface area contributed by atoms with Crippen molar-refractivity contribution in [2.75, 3.05) is 11.9 Å². The molecule has 4 N–H and O–H groups in total. The van der Waals surface area contributed by atoms with Crippen LogP contribution in [0, 0.1) is 10.8 Å². The molecule has 0 aromatic heterocycles. The molecule has 1 aliphatic carbocycles. The molecule has 6 heteroatoms. The summed E-state index contributed by atoms with van der Waals surface area (Å²) in [6.45, 7) is 5.87. The van der Waals surface area contributed by atoms with Crippen molar-refractivity contribution in [1.29, 1.82) is 0 Å². The fourth-order valence-corrected chi connectivity index (χ4v) is 4.12. The van der Waals surface area contributed by atoms with Crippen molar-refractivity contribution in [3.05, 3.63) is 42.0 Å². The topological polar surface area (TPSA) is 109 Å². The second kappa shape index (κ2) is 7.59. The van der Waals surface area contributed by atoms with Crippen LogP contribution in [0.5, 0.6) is 0 Å². The molecule has 4 rings (SSSR count). The number of anilines is 1. The fraction of sp³-hybridized carbons (Fsp3) is 0.435. The van der Waals surface area contributed by atoms with E-state index in [4.69, 9.17) is 10.8 Å². The largest absolute Gasteiger partial charge is 0.480 e. The molecule has 0 unspecified atom stereocenters. The number of hydrogen-bond acceptors (Lipinski definition) is 5. The Hall–Kier alpha value is -2.73. The van der Waals surface area contributed by atoms with E-state index in [1.54, 1.807) is 0 Å². The Morgan fingerprint density at radius 3 is 2.24 bits per heavy atom. The van der Waals surface area contributed by atoms with Crippen molar-refractivity contribution in [1.82, 2.24) is 0 Å². The van der Waals surface area contributed by atoms with Crippen LogP contribution in [0.25, 0.3) is 10.8 Å². The summed E-state index contributed by atoms with van der Waals surface area (Å²) in [4.78, 5) is 35.3. The molecule has 1 atom stereocenters. The molecule has 0 saturated heterocycles. The molecule has 1 saturated carbocycles. The lowest BCUT2D eigenvalue weighted by atomic mass is 9.60. The van der Waals surface area contributed by atoms with E-state index < -0.39 is 17.4 Å². The highest BCUT2D eigenvalue weighted by Crippen LogP contribution is 2.46. The lowest BCUT2D eigenvalue weighted by Crippen LogP contribution is -2.54. The average molecular weight is 396 g/mol. The highest BCUT2D eigenvalue weighted by atomic mass is 16.4. The maximum absolute atomic E-state index is 12.9. The van der Waals surface area contributed by atoms with Crippen molar-refractivity contribution < 1.29 is 19.5 Å². The summed E-state index contributed by atoms with van der Waals surface area (Å²) >= 11 is 0. The zero-order valence-electron chi connectivity index (χ0n) is 17.1. The quantitative estimate of drug-likeness (QED) is 0.639. The van der Waals surface area contributed by atoms with E-state index in [0.29, 0.717) is 25.8 Å². The van der Waals surface area contributed by atoms with Crippen LogP contribution in [-0.4, -0.2) is 35.2 Å². The predicted octanol–water partition coefficient (Wildman–Crippen LogP) is 3.17. The molecular weight excluding hydrogens is 368 g/mol. The number of benzene rings is 2. The number of carbonyl (C=O) groups is 3. The number of ketones is 2. The summed E-state index contributed by atoms with van der Waals surface area (Å²) in [5.41, 5.74) is 5.92. The SMILES string of the molecule is CC1(C)CC(=O)C2(CNc3ccc4ccccc4c3C2)C(=O)C1.C[C@H](N)C(=O)O. The molecule has 2 aromatic carbocycles. The van der Waals surface area contributed by atoms with Crippen LogP contribution in [-0.2, 0) is 20.8 Å². The van der Waals surface area contributed by atoms with E-state index in [2.05, 4.69) is 29.6 Å². The molecule has 1 heterocycles. The van der Waals surface area contributed by atoms with Crippen LogP contribution in [0.2, 0.25) is 0 Å². The molecule has 0 bridgehead atoms. The van der Waals surface area contributed by atoms with Crippen molar-refractivity contribution in [3.8, 4) is 0 Å². The molecule has 6 nitrogen and oxygen atoms in total. The van der Waals surface area contributed by atoms with Gasteiger partial charge in [0.1, 0.15) is 23.0 Å². The number of nitrogens with two attached hydrogens (primary N) is 1. The first-order valence-electron chi connectivity index (χ1n) is 9.85. The molecule has 0 amide bonds. The molecular formula is C23H28N2O4. The van der Waals surface area contributed by atoms with Gasteiger partial charge in [-0.25, -0.2) is 0 Å². The first kappa shape index (κ1) is 21.0.